The van der Waals surface area contributed by atoms with Gasteiger partial charge in [0.2, 0.25) is 0 Å². The molecule has 1 saturated heterocycles. The molecule has 0 spiro atoms. The van der Waals surface area contributed by atoms with E-state index in [0.29, 0.717) is 6.04 Å². The van der Waals surface area contributed by atoms with Gasteiger partial charge in [0.1, 0.15) is 0 Å². The SMILES string of the molecule is C1=CC2CC(=C1)SCCN2. The summed E-state index contributed by atoms with van der Waals surface area (Å²) >= 11 is 1.99. The summed E-state index contributed by atoms with van der Waals surface area (Å²) in [5.41, 5.74) is 0. The molecule has 0 aromatic carbocycles. The fourth-order valence-corrected chi connectivity index (χ4v) is 2.28. The number of allylic oxidation sites excluding steroid dienone is 2. The molecule has 1 atom stereocenters. The summed E-state index contributed by atoms with van der Waals surface area (Å²) in [4.78, 5) is 1.54. The first-order chi connectivity index (χ1) is 4.95. The number of fused-ring (bicyclic) bond motifs is 2. The van der Waals surface area contributed by atoms with Gasteiger partial charge in [0.15, 0.2) is 0 Å². The Bertz CT molecular complexity index is 184. The summed E-state index contributed by atoms with van der Waals surface area (Å²) in [6.07, 6.45) is 7.85. The van der Waals surface area contributed by atoms with Crippen molar-refractivity contribution in [1.29, 1.82) is 0 Å². The van der Waals surface area contributed by atoms with Crippen LogP contribution in [0.25, 0.3) is 0 Å². The first kappa shape index (κ1) is 6.50. The van der Waals surface area contributed by atoms with E-state index in [0.717, 1.165) is 6.54 Å². The van der Waals surface area contributed by atoms with Gasteiger partial charge in [-0.25, -0.2) is 0 Å². The Kier molecular flexibility index (Phi) is 1.82. The highest BCUT2D eigenvalue weighted by atomic mass is 32.2. The van der Waals surface area contributed by atoms with Crippen molar-refractivity contribution in [3.05, 3.63) is 23.1 Å². The van der Waals surface area contributed by atoms with E-state index in [1.807, 2.05) is 11.8 Å². The lowest BCUT2D eigenvalue weighted by Crippen LogP contribution is -2.27. The van der Waals surface area contributed by atoms with Crippen LogP contribution in [0.15, 0.2) is 23.1 Å². The molecule has 54 valence electrons. The Labute approximate surface area is 65.6 Å². The van der Waals surface area contributed by atoms with Gasteiger partial charge in [0.05, 0.1) is 0 Å². The van der Waals surface area contributed by atoms with Crippen LogP contribution >= 0.6 is 11.8 Å². The van der Waals surface area contributed by atoms with Crippen LogP contribution in [0, 0.1) is 0 Å². The zero-order chi connectivity index (χ0) is 6.81. The van der Waals surface area contributed by atoms with Gasteiger partial charge in [0.25, 0.3) is 0 Å². The Morgan fingerprint density at radius 2 is 2.60 bits per heavy atom. The molecular formula is C8H11NS. The predicted molar refractivity (Wildman–Crippen MR) is 46.1 cm³/mol. The van der Waals surface area contributed by atoms with Crippen LogP contribution in [0.4, 0.5) is 0 Å². The number of hydrogen-bond acceptors (Lipinski definition) is 2. The molecule has 0 saturated carbocycles. The third-order valence-corrected chi connectivity index (χ3v) is 2.92. The molecule has 10 heavy (non-hydrogen) atoms. The minimum absolute atomic E-state index is 0.620. The average molecular weight is 153 g/mol. The van der Waals surface area contributed by atoms with Crippen molar-refractivity contribution in [2.24, 2.45) is 0 Å². The molecule has 0 radical (unpaired) electrons. The maximum atomic E-state index is 3.46. The molecule has 1 aliphatic heterocycles. The van der Waals surface area contributed by atoms with Gasteiger partial charge in [-0.2, -0.15) is 0 Å². The van der Waals surface area contributed by atoms with Gasteiger partial charge in [-0.1, -0.05) is 18.2 Å². The molecule has 0 aromatic rings. The Balaban J connectivity index is 2.17. The van der Waals surface area contributed by atoms with Crippen LogP contribution in [0.3, 0.4) is 0 Å². The van der Waals surface area contributed by atoms with Crippen LogP contribution in [-0.4, -0.2) is 18.3 Å². The average Bonchev–Trinajstić information content (AvgIpc) is 2.12. The molecule has 1 N–H and O–H groups in total. The number of rotatable bonds is 0. The molecule has 1 aliphatic carbocycles. The van der Waals surface area contributed by atoms with Crippen molar-refractivity contribution >= 4 is 11.8 Å². The topological polar surface area (TPSA) is 12.0 Å². The minimum Gasteiger partial charge on any atom is -0.309 e. The molecule has 2 aliphatic rings. The van der Waals surface area contributed by atoms with Gasteiger partial charge >= 0.3 is 0 Å². The molecule has 2 heteroatoms. The van der Waals surface area contributed by atoms with Gasteiger partial charge < -0.3 is 5.32 Å². The van der Waals surface area contributed by atoms with E-state index in [4.69, 9.17) is 0 Å². The van der Waals surface area contributed by atoms with E-state index >= 15 is 0 Å². The molecule has 0 amide bonds. The van der Waals surface area contributed by atoms with Crippen molar-refractivity contribution in [3.8, 4) is 0 Å². The lowest BCUT2D eigenvalue weighted by Gasteiger charge is -2.13. The smallest absolute Gasteiger partial charge is 0.0298 e. The molecule has 2 bridgehead atoms. The van der Waals surface area contributed by atoms with Crippen molar-refractivity contribution in [2.45, 2.75) is 12.5 Å². The van der Waals surface area contributed by atoms with Crippen molar-refractivity contribution in [1.82, 2.24) is 5.32 Å². The van der Waals surface area contributed by atoms with E-state index in [-0.39, 0.29) is 0 Å². The van der Waals surface area contributed by atoms with Gasteiger partial charge in [0, 0.05) is 18.3 Å². The number of thioether (sulfide) groups is 1. The van der Waals surface area contributed by atoms with E-state index in [9.17, 15) is 0 Å². The normalized spacial score (nSPS) is 31.2. The lowest BCUT2D eigenvalue weighted by molar-refractivity contribution is 0.626. The highest BCUT2D eigenvalue weighted by Crippen LogP contribution is 2.26. The standard InChI is InChI=1S/C8H11NS/c1-2-7-6-8(3-1)10-5-4-9-7/h1-3,7,9H,4-6H2. The maximum absolute atomic E-state index is 3.46. The predicted octanol–water partition coefficient (Wildman–Crippen LogP) is 1.54. The second-order valence-electron chi connectivity index (χ2n) is 2.63. The third kappa shape index (κ3) is 1.27. The zero-order valence-corrected chi connectivity index (χ0v) is 6.66. The molecule has 1 fully saturated rings. The third-order valence-electron chi connectivity index (χ3n) is 1.84. The van der Waals surface area contributed by atoms with Crippen molar-refractivity contribution in [3.63, 3.8) is 0 Å². The summed E-state index contributed by atoms with van der Waals surface area (Å²) in [5.74, 6) is 1.23. The first-order valence-electron chi connectivity index (χ1n) is 3.69. The Morgan fingerprint density at radius 1 is 1.60 bits per heavy atom. The quantitative estimate of drug-likeness (QED) is 0.566. The van der Waals surface area contributed by atoms with Crippen molar-refractivity contribution < 1.29 is 0 Å². The maximum Gasteiger partial charge on any atom is 0.0298 e. The molecular weight excluding hydrogens is 142 g/mol. The van der Waals surface area contributed by atoms with E-state index < -0.39 is 0 Å². The van der Waals surface area contributed by atoms with E-state index in [2.05, 4.69) is 23.5 Å². The summed E-state index contributed by atoms with van der Waals surface area (Å²) in [5, 5.41) is 3.46. The van der Waals surface area contributed by atoms with E-state index in [1.165, 1.54) is 17.1 Å². The Hall–Kier alpha value is -0.210. The van der Waals surface area contributed by atoms with Crippen molar-refractivity contribution in [2.75, 3.05) is 12.3 Å². The monoisotopic (exact) mass is 153 g/mol. The van der Waals surface area contributed by atoms with Gasteiger partial charge in [-0.05, 0) is 11.3 Å². The number of hydrogen-bond donors (Lipinski definition) is 1. The van der Waals surface area contributed by atoms with Gasteiger partial charge in [-0.15, -0.1) is 11.8 Å². The summed E-state index contributed by atoms with van der Waals surface area (Å²) < 4.78 is 0. The van der Waals surface area contributed by atoms with Crippen LogP contribution < -0.4 is 5.32 Å². The van der Waals surface area contributed by atoms with E-state index in [1.54, 1.807) is 0 Å². The fraction of sp³-hybridized carbons (Fsp3) is 0.500. The molecule has 1 unspecified atom stereocenters. The summed E-state index contributed by atoms with van der Waals surface area (Å²) in [6, 6.07) is 0.620. The molecule has 0 aromatic heterocycles. The molecule has 1 nitrogen and oxygen atoms in total. The van der Waals surface area contributed by atoms with Gasteiger partial charge in [-0.3, -0.25) is 0 Å². The second-order valence-corrected chi connectivity index (χ2v) is 3.85. The molecule has 2 rings (SSSR count). The zero-order valence-electron chi connectivity index (χ0n) is 5.84. The van der Waals surface area contributed by atoms with Crippen LogP contribution in [0.1, 0.15) is 6.42 Å². The highest BCUT2D eigenvalue weighted by molar-refractivity contribution is 8.03. The Morgan fingerprint density at radius 3 is 3.60 bits per heavy atom. The van der Waals surface area contributed by atoms with Crippen LogP contribution in [0.5, 0.6) is 0 Å². The lowest BCUT2D eigenvalue weighted by atomic mass is 10.1. The second kappa shape index (κ2) is 2.81. The first-order valence-corrected chi connectivity index (χ1v) is 4.67. The highest BCUT2D eigenvalue weighted by Gasteiger charge is 2.13. The largest absolute Gasteiger partial charge is 0.309 e. The van der Waals surface area contributed by atoms with Crippen LogP contribution in [0.2, 0.25) is 0 Å². The summed E-state index contributed by atoms with van der Waals surface area (Å²) in [7, 11) is 0. The number of nitrogens with one attached hydrogen (secondary N) is 1. The minimum atomic E-state index is 0.620. The van der Waals surface area contributed by atoms with Crippen LogP contribution in [-0.2, 0) is 0 Å². The fourth-order valence-electron chi connectivity index (χ4n) is 1.32. The summed E-state index contributed by atoms with van der Waals surface area (Å²) in [6.45, 7) is 1.15. The molecule has 1 heterocycles.